The van der Waals surface area contributed by atoms with Gasteiger partial charge in [0, 0.05) is 36.8 Å². The molecule has 142 valence electrons. The fraction of sp³-hybridized carbons (Fsp3) is 0.368. The van der Waals surface area contributed by atoms with Gasteiger partial charge in [-0.25, -0.2) is 4.79 Å². The van der Waals surface area contributed by atoms with E-state index in [1.165, 1.54) is 0 Å². The normalized spacial score (nSPS) is 11.1. The summed E-state index contributed by atoms with van der Waals surface area (Å²) in [5, 5.41) is 7.92. The maximum Gasteiger partial charge on any atom is 0.340 e. The number of aryl methyl sites for hydroxylation is 2. The van der Waals surface area contributed by atoms with Gasteiger partial charge in [0.2, 0.25) is 5.78 Å². The van der Waals surface area contributed by atoms with Gasteiger partial charge < -0.3 is 14.0 Å². The van der Waals surface area contributed by atoms with E-state index < -0.39 is 5.97 Å². The summed E-state index contributed by atoms with van der Waals surface area (Å²) in [6.07, 6.45) is 1.61. The molecule has 3 rings (SSSR count). The van der Waals surface area contributed by atoms with E-state index in [4.69, 9.17) is 9.47 Å². The summed E-state index contributed by atoms with van der Waals surface area (Å²) in [5.41, 5.74) is 3.34. The lowest BCUT2D eigenvalue weighted by atomic mass is 10.1. The Bertz CT molecular complexity index is 1000. The van der Waals surface area contributed by atoms with Crippen molar-refractivity contribution in [3.05, 3.63) is 52.7 Å². The first kappa shape index (κ1) is 18.8. The van der Waals surface area contributed by atoms with Crippen LogP contribution in [0.1, 0.15) is 37.9 Å². The van der Waals surface area contributed by atoms with Gasteiger partial charge in [0.1, 0.15) is 5.82 Å². The van der Waals surface area contributed by atoms with Crippen LogP contribution >= 0.6 is 0 Å². The molecule has 0 atom stereocenters. The Labute approximate surface area is 156 Å². The molecule has 0 bridgehead atoms. The Hall–Kier alpha value is -3.00. The van der Waals surface area contributed by atoms with Gasteiger partial charge in [0.25, 0.3) is 0 Å². The van der Waals surface area contributed by atoms with Crippen molar-refractivity contribution in [2.45, 2.75) is 27.3 Å². The average Bonchev–Trinajstić information content (AvgIpc) is 3.17. The van der Waals surface area contributed by atoms with Crippen molar-refractivity contribution in [1.82, 2.24) is 19.2 Å². The van der Waals surface area contributed by atoms with Crippen LogP contribution in [0.5, 0.6) is 0 Å². The Morgan fingerprint density at radius 2 is 1.93 bits per heavy atom. The van der Waals surface area contributed by atoms with Gasteiger partial charge in [0.05, 0.1) is 12.2 Å². The Balaban J connectivity index is 1.69. The molecular formula is C19H22N4O4. The molecule has 0 aromatic carbocycles. The second-order valence-corrected chi connectivity index (χ2v) is 6.32. The molecule has 0 aliphatic carbocycles. The first-order valence-electron chi connectivity index (χ1n) is 8.59. The zero-order valence-corrected chi connectivity index (χ0v) is 15.9. The number of hydrogen-bond donors (Lipinski definition) is 0. The van der Waals surface area contributed by atoms with Crippen molar-refractivity contribution in [2.24, 2.45) is 0 Å². The van der Waals surface area contributed by atoms with Gasteiger partial charge in [0.15, 0.2) is 12.3 Å². The third-order valence-corrected chi connectivity index (χ3v) is 4.54. The lowest BCUT2D eigenvalue weighted by Crippen LogP contribution is -2.16. The SMILES string of the molecule is COCCn1c(C)cc(C(=O)COC(=O)c2ccc3nnc(C)n3c2)c1C. The van der Waals surface area contributed by atoms with E-state index in [-0.39, 0.29) is 12.4 Å². The van der Waals surface area contributed by atoms with E-state index in [0.717, 1.165) is 11.4 Å². The molecule has 0 N–H and O–H groups in total. The number of nitrogens with zero attached hydrogens (tertiary/aromatic N) is 4. The standard InChI is InChI=1S/C19H22N4O4/c1-12-9-16(13(2)22(12)7-8-26-4)17(24)11-27-19(25)15-5-6-18-21-20-14(3)23(18)10-15/h5-6,9-10H,7-8,11H2,1-4H3. The second-order valence-electron chi connectivity index (χ2n) is 6.32. The van der Waals surface area contributed by atoms with Gasteiger partial charge in [-0.05, 0) is 39.0 Å². The zero-order valence-electron chi connectivity index (χ0n) is 15.9. The third-order valence-electron chi connectivity index (χ3n) is 4.54. The largest absolute Gasteiger partial charge is 0.454 e. The number of pyridine rings is 1. The molecule has 8 heteroatoms. The van der Waals surface area contributed by atoms with Crippen molar-refractivity contribution in [1.29, 1.82) is 0 Å². The monoisotopic (exact) mass is 370 g/mol. The number of aromatic nitrogens is 4. The Morgan fingerprint density at radius 3 is 2.67 bits per heavy atom. The maximum atomic E-state index is 12.5. The molecule has 0 saturated carbocycles. The van der Waals surface area contributed by atoms with E-state index in [9.17, 15) is 9.59 Å². The van der Waals surface area contributed by atoms with Crippen LogP contribution in [0.2, 0.25) is 0 Å². The molecule has 0 radical (unpaired) electrons. The van der Waals surface area contributed by atoms with E-state index >= 15 is 0 Å². The van der Waals surface area contributed by atoms with Crippen LogP contribution in [0.3, 0.4) is 0 Å². The highest BCUT2D eigenvalue weighted by Gasteiger charge is 2.18. The molecule has 0 unspecified atom stereocenters. The van der Waals surface area contributed by atoms with Crippen LogP contribution < -0.4 is 0 Å². The number of ketones is 1. The van der Waals surface area contributed by atoms with E-state index in [1.54, 1.807) is 36.8 Å². The van der Waals surface area contributed by atoms with Crippen molar-refractivity contribution >= 4 is 17.4 Å². The van der Waals surface area contributed by atoms with Gasteiger partial charge in [-0.3, -0.25) is 9.20 Å². The van der Waals surface area contributed by atoms with Crippen molar-refractivity contribution < 1.29 is 19.1 Å². The van der Waals surface area contributed by atoms with E-state index in [0.29, 0.717) is 35.8 Å². The van der Waals surface area contributed by atoms with Gasteiger partial charge >= 0.3 is 5.97 Å². The summed E-state index contributed by atoms with van der Waals surface area (Å²) >= 11 is 0. The number of ether oxygens (including phenoxy) is 2. The molecule has 27 heavy (non-hydrogen) atoms. The highest BCUT2D eigenvalue weighted by molar-refractivity contribution is 6.00. The molecule has 3 aromatic rings. The number of methoxy groups -OCH3 is 1. The number of carbonyl (C=O) groups is 2. The predicted octanol–water partition coefficient (Wildman–Crippen LogP) is 2.14. The van der Waals surface area contributed by atoms with Crippen LogP contribution in [0.15, 0.2) is 24.4 Å². The molecule has 8 nitrogen and oxygen atoms in total. The molecule has 0 spiro atoms. The van der Waals surface area contributed by atoms with E-state index in [2.05, 4.69) is 10.2 Å². The minimum absolute atomic E-state index is 0.235. The number of esters is 1. The Morgan fingerprint density at radius 1 is 1.15 bits per heavy atom. The molecule has 3 aromatic heterocycles. The summed E-state index contributed by atoms with van der Waals surface area (Å²) < 4.78 is 14.0. The summed E-state index contributed by atoms with van der Waals surface area (Å²) in [4.78, 5) is 24.8. The summed E-state index contributed by atoms with van der Waals surface area (Å²) in [5.74, 6) is -0.132. The fourth-order valence-electron chi connectivity index (χ4n) is 3.03. The zero-order chi connectivity index (χ0) is 19.6. The summed E-state index contributed by atoms with van der Waals surface area (Å²) in [6.45, 7) is 6.51. The number of Topliss-reactive ketones (excluding diaryl/α,β-unsaturated/α-hetero) is 1. The van der Waals surface area contributed by atoms with Crippen molar-refractivity contribution in [3.8, 4) is 0 Å². The van der Waals surface area contributed by atoms with Crippen LogP contribution in [0.4, 0.5) is 0 Å². The van der Waals surface area contributed by atoms with Crippen LogP contribution in [0.25, 0.3) is 5.65 Å². The lowest BCUT2D eigenvalue weighted by molar-refractivity contribution is 0.0474. The molecule has 0 aliphatic heterocycles. The van der Waals surface area contributed by atoms with Crippen molar-refractivity contribution in [2.75, 3.05) is 20.3 Å². The minimum Gasteiger partial charge on any atom is -0.454 e. The number of rotatable bonds is 7. The minimum atomic E-state index is -0.563. The third kappa shape index (κ3) is 3.75. The summed E-state index contributed by atoms with van der Waals surface area (Å²) in [7, 11) is 1.64. The molecular weight excluding hydrogens is 348 g/mol. The lowest BCUT2D eigenvalue weighted by Gasteiger charge is -2.09. The first-order chi connectivity index (χ1) is 12.9. The van der Waals surface area contributed by atoms with Crippen LogP contribution in [0, 0.1) is 20.8 Å². The number of fused-ring (bicyclic) bond motifs is 1. The average molecular weight is 370 g/mol. The highest BCUT2D eigenvalue weighted by Crippen LogP contribution is 2.16. The maximum absolute atomic E-state index is 12.5. The van der Waals surface area contributed by atoms with Gasteiger partial charge in [-0.1, -0.05) is 0 Å². The molecule has 3 heterocycles. The predicted molar refractivity (Wildman–Crippen MR) is 98.1 cm³/mol. The van der Waals surface area contributed by atoms with Crippen molar-refractivity contribution in [3.63, 3.8) is 0 Å². The van der Waals surface area contributed by atoms with Crippen LogP contribution in [-0.4, -0.2) is 51.2 Å². The van der Waals surface area contributed by atoms with Crippen LogP contribution in [-0.2, 0) is 16.0 Å². The van der Waals surface area contributed by atoms with E-state index in [1.807, 2.05) is 24.5 Å². The molecule has 0 fully saturated rings. The number of hydrogen-bond acceptors (Lipinski definition) is 6. The molecule has 0 aliphatic rings. The quantitative estimate of drug-likeness (QED) is 0.468. The fourth-order valence-corrected chi connectivity index (χ4v) is 3.03. The highest BCUT2D eigenvalue weighted by atomic mass is 16.5. The molecule has 0 amide bonds. The van der Waals surface area contributed by atoms with Gasteiger partial charge in [-0.15, -0.1) is 10.2 Å². The molecule has 0 saturated heterocycles. The van der Waals surface area contributed by atoms with Gasteiger partial charge in [-0.2, -0.15) is 0 Å². The first-order valence-corrected chi connectivity index (χ1v) is 8.59. The number of carbonyl (C=O) groups excluding carboxylic acids is 2. The Kier molecular flexibility index (Phi) is 5.36. The topological polar surface area (TPSA) is 87.7 Å². The second kappa shape index (κ2) is 7.71. The smallest absolute Gasteiger partial charge is 0.340 e. The summed E-state index contributed by atoms with van der Waals surface area (Å²) in [6, 6.07) is 5.10.